The van der Waals surface area contributed by atoms with Crippen LogP contribution in [0.2, 0.25) is 0 Å². The summed E-state index contributed by atoms with van der Waals surface area (Å²) in [6, 6.07) is 18.7. The van der Waals surface area contributed by atoms with Gasteiger partial charge in [0.05, 0.1) is 22.2 Å². The Labute approximate surface area is 140 Å². The molecule has 0 saturated heterocycles. The van der Waals surface area contributed by atoms with Gasteiger partial charge in [0.2, 0.25) is 0 Å². The van der Waals surface area contributed by atoms with Crippen molar-refractivity contribution in [3.8, 4) is 17.2 Å². The van der Waals surface area contributed by atoms with Gasteiger partial charge < -0.3 is 0 Å². The van der Waals surface area contributed by atoms with Crippen LogP contribution in [0.3, 0.4) is 0 Å². The number of hydrogen-bond acceptors (Lipinski definition) is 4. The third-order valence-corrected chi connectivity index (χ3v) is 4.83. The van der Waals surface area contributed by atoms with Gasteiger partial charge in [-0.15, -0.1) is 0 Å². The fourth-order valence-corrected chi connectivity index (χ4v) is 3.34. The third-order valence-electron chi connectivity index (χ3n) is 3.44. The number of benzene rings is 2. The average Bonchev–Trinajstić information content (AvgIpc) is 2.63. The largest absolute Gasteiger partial charge is 0.279 e. The summed E-state index contributed by atoms with van der Waals surface area (Å²) >= 11 is 0. The van der Waals surface area contributed by atoms with Crippen molar-refractivity contribution >= 4 is 15.7 Å². The molecule has 1 aromatic heterocycles. The molecule has 0 radical (unpaired) electrons. The Morgan fingerprint density at radius 2 is 1.67 bits per heavy atom. The van der Waals surface area contributed by atoms with Crippen LogP contribution in [0.5, 0.6) is 0 Å². The van der Waals surface area contributed by atoms with Crippen LogP contribution in [0.4, 0.5) is 5.69 Å². The van der Waals surface area contributed by atoms with Crippen LogP contribution < -0.4 is 4.72 Å². The third kappa shape index (κ3) is 3.26. The molecule has 2 aromatic carbocycles. The number of pyridine rings is 1. The highest BCUT2D eigenvalue weighted by atomic mass is 32.2. The maximum Gasteiger partial charge on any atom is 0.261 e. The predicted molar refractivity (Wildman–Crippen MR) is 91.6 cm³/mol. The SMILES string of the molecule is N#Cc1ccc(-c2cnccc2NS(=O)(=O)c2ccccc2)cc1. The number of aromatic nitrogens is 1. The molecule has 0 amide bonds. The molecule has 0 fully saturated rings. The monoisotopic (exact) mass is 335 g/mol. The van der Waals surface area contributed by atoms with E-state index < -0.39 is 10.0 Å². The predicted octanol–water partition coefficient (Wildman–Crippen LogP) is 3.42. The minimum Gasteiger partial charge on any atom is -0.279 e. The molecule has 3 aromatic rings. The number of rotatable bonds is 4. The Hall–Kier alpha value is -3.17. The molecule has 0 saturated carbocycles. The molecule has 1 heterocycles. The second kappa shape index (κ2) is 6.52. The van der Waals surface area contributed by atoms with Crippen LogP contribution in [0.15, 0.2) is 78.0 Å². The average molecular weight is 335 g/mol. The van der Waals surface area contributed by atoms with Crippen molar-refractivity contribution in [2.45, 2.75) is 4.90 Å². The van der Waals surface area contributed by atoms with Gasteiger partial charge in [-0.2, -0.15) is 5.26 Å². The molecule has 0 atom stereocenters. The van der Waals surface area contributed by atoms with Gasteiger partial charge in [-0.1, -0.05) is 30.3 Å². The molecule has 1 N–H and O–H groups in total. The summed E-state index contributed by atoms with van der Waals surface area (Å²) in [4.78, 5) is 4.25. The molecule has 0 spiro atoms. The number of nitriles is 1. The summed E-state index contributed by atoms with van der Waals surface area (Å²) in [5.74, 6) is 0. The summed E-state index contributed by atoms with van der Waals surface area (Å²) in [7, 11) is -3.69. The summed E-state index contributed by atoms with van der Waals surface area (Å²) in [6.07, 6.45) is 3.11. The number of anilines is 1. The fraction of sp³-hybridized carbons (Fsp3) is 0. The highest BCUT2D eigenvalue weighted by Crippen LogP contribution is 2.29. The summed E-state index contributed by atoms with van der Waals surface area (Å²) in [5.41, 5.74) is 2.38. The lowest BCUT2D eigenvalue weighted by atomic mass is 10.0. The molecule has 0 aliphatic carbocycles. The first kappa shape index (κ1) is 15.7. The first-order valence-corrected chi connectivity index (χ1v) is 8.61. The van der Waals surface area contributed by atoms with E-state index in [9.17, 15) is 8.42 Å². The van der Waals surface area contributed by atoms with E-state index in [2.05, 4.69) is 15.8 Å². The van der Waals surface area contributed by atoms with Crippen molar-refractivity contribution in [3.05, 3.63) is 78.6 Å². The zero-order valence-electron chi connectivity index (χ0n) is 12.5. The van der Waals surface area contributed by atoms with E-state index in [4.69, 9.17) is 5.26 Å². The minimum absolute atomic E-state index is 0.188. The molecular weight excluding hydrogens is 322 g/mol. The topological polar surface area (TPSA) is 82.8 Å². The summed E-state index contributed by atoms with van der Waals surface area (Å²) < 4.78 is 27.6. The fourth-order valence-electron chi connectivity index (χ4n) is 2.24. The van der Waals surface area contributed by atoms with Gasteiger partial charge in [0, 0.05) is 18.0 Å². The Morgan fingerprint density at radius 1 is 0.958 bits per heavy atom. The van der Waals surface area contributed by atoms with Gasteiger partial charge in [-0.05, 0) is 35.9 Å². The first-order chi connectivity index (χ1) is 11.6. The quantitative estimate of drug-likeness (QED) is 0.792. The van der Waals surface area contributed by atoms with Crippen molar-refractivity contribution in [1.82, 2.24) is 4.98 Å². The molecule has 0 unspecified atom stereocenters. The van der Waals surface area contributed by atoms with E-state index in [0.717, 1.165) is 5.56 Å². The van der Waals surface area contributed by atoms with E-state index in [-0.39, 0.29) is 4.90 Å². The second-order valence-corrected chi connectivity index (χ2v) is 6.71. The molecule has 118 valence electrons. The Morgan fingerprint density at radius 3 is 2.33 bits per heavy atom. The van der Waals surface area contributed by atoms with Crippen molar-refractivity contribution in [2.75, 3.05) is 4.72 Å². The second-order valence-electron chi connectivity index (χ2n) is 5.03. The van der Waals surface area contributed by atoms with Gasteiger partial charge in [-0.25, -0.2) is 8.42 Å². The standard InChI is InChI=1S/C18H13N3O2S/c19-12-14-6-8-15(9-7-14)17-13-20-11-10-18(17)21-24(22,23)16-4-2-1-3-5-16/h1-11,13H,(H,20,21). The molecule has 6 heteroatoms. The number of sulfonamides is 1. The van der Waals surface area contributed by atoms with Gasteiger partial charge in [0.1, 0.15) is 0 Å². The molecule has 5 nitrogen and oxygen atoms in total. The summed E-state index contributed by atoms with van der Waals surface area (Å²) in [5, 5.41) is 8.88. The molecule has 3 rings (SSSR count). The van der Waals surface area contributed by atoms with E-state index in [1.54, 1.807) is 54.7 Å². The zero-order valence-corrected chi connectivity index (χ0v) is 13.4. The van der Waals surface area contributed by atoms with E-state index in [1.807, 2.05) is 0 Å². The maximum absolute atomic E-state index is 12.5. The molecule has 0 aliphatic heterocycles. The van der Waals surface area contributed by atoms with Crippen molar-refractivity contribution in [3.63, 3.8) is 0 Å². The summed E-state index contributed by atoms with van der Waals surface area (Å²) in [6.45, 7) is 0. The van der Waals surface area contributed by atoms with Gasteiger partial charge in [0.15, 0.2) is 0 Å². The zero-order chi connectivity index (χ0) is 17.0. The van der Waals surface area contributed by atoms with E-state index >= 15 is 0 Å². The lowest BCUT2D eigenvalue weighted by Crippen LogP contribution is -2.13. The normalized spacial score (nSPS) is 10.8. The Bertz CT molecular complexity index is 992. The van der Waals surface area contributed by atoms with Crippen molar-refractivity contribution in [1.29, 1.82) is 5.26 Å². The van der Waals surface area contributed by atoms with Gasteiger partial charge in [0.25, 0.3) is 10.0 Å². The first-order valence-electron chi connectivity index (χ1n) is 7.12. The molecular formula is C18H13N3O2S. The smallest absolute Gasteiger partial charge is 0.261 e. The van der Waals surface area contributed by atoms with Gasteiger partial charge in [-0.3, -0.25) is 9.71 Å². The Balaban J connectivity index is 1.99. The van der Waals surface area contributed by atoms with E-state index in [1.165, 1.54) is 18.3 Å². The minimum atomic E-state index is -3.69. The highest BCUT2D eigenvalue weighted by Gasteiger charge is 2.16. The van der Waals surface area contributed by atoms with Crippen LogP contribution in [0.1, 0.15) is 5.56 Å². The Kier molecular flexibility index (Phi) is 4.27. The van der Waals surface area contributed by atoms with Crippen LogP contribution in [-0.4, -0.2) is 13.4 Å². The highest BCUT2D eigenvalue weighted by molar-refractivity contribution is 7.92. The maximum atomic E-state index is 12.5. The molecule has 0 bridgehead atoms. The van der Waals surface area contributed by atoms with E-state index in [0.29, 0.717) is 16.8 Å². The van der Waals surface area contributed by atoms with Crippen LogP contribution in [0, 0.1) is 11.3 Å². The molecule has 0 aliphatic rings. The van der Waals surface area contributed by atoms with Crippen molar-refractivity contribution < 1.29 is 8.42 Å². The lowest BCUT2D eigenvalue weighted by Gasteiger charge is -2.12. The van der Waals surface area contributed by atoms with Crippen LogP contribution in [0.25, 0.3) is 11.1 Å². The number of nitrogens with zero attached hydrogens (tertiary/aromatic N) is 2. The molecule has 24 heavy (non-hydrogen) atoms. The van der Waals surface area contributed by atoms with Crippen molar-refractivity contribution in [2.24, 2.45) is 0 Å². The van der Waals surface area contributed by atoms with Gasteiger partial charge >= 0.3 is 0 Å². The number of nitrogens with one attached hydrogen (secondary N) is 1. The number of hydrogen-bond donors (Lipinski definition) is 1. The van der Waals surface area contributed by atoms with Crippen LogP contribution in [-0.2, 0) is 10.0 Å². The lowest BCUT2D eigenvalue weighted by molar-refractivity contribution is 0.601. The van der Waals surface area contributed by atoms with Crippen LogP contribution >= 0.6 is 0 Å².